The van der Waals surface area contributed by atoms with Crippen molar-refractivity contribution in [2.24, 2.45) is 17.3 Å². The van der Waals surface area contributed by atoms with E-state index in [-0.39, 0.29) is 7.43 Å². The molecule has 0 nitrogen and oxygen atoms in total. The van der Waals surface area contributed by atoms with Crippen molar-refractivity contribution in [3.63, 3.8) is 0 Å². The van der Waals surface area contributed by atoms with Crippen molar-refractivity contribution < 1.29 is 0 Å². The van der Waals surface area contributed by atoms with E-state index < -0.39 is 0 Å². The molecule has 4 aliphatic rings. The Balaban J connectivity index is 0.00000144. The average molecular weight is 296 g/mol. The molecule has 0 aromatic rings. The van der Waals surface area contributed by atoms with Crippen molar-refractivity contribution in [3.05, 3.63) is 47.6 Å². The molecule has 0 atom stereocenters. The molecule has 2 saturated carbocycles. The summed E-state index contributed by atoms with van der Waals surface area (Å²) in [5.41, 5.74) is 3.55. The van der Waals surface area contributed by atoms with Gasteiger partial charge in [-0.05, 0) is 48.7 Å². The fraction of sp³-hybridized carbons (Fsp3) is 0.636. The Morgan fingerprint density at radius 3 is 1.91 bits per heavy atom. The van der Waals surface area contributed by atoms with Gasteiger partial charge < -0.3 is 0 Å². The van der Waals surface area contributed by atoms with E-state index in [1.54, 1.807) is 5.57 Å². The Morgan fingerprint density at radius 2 is 1.32 bits per heavy atom. The molecule has 22 heavy (non-hydrogen) atoms. The Hall–Kier alpha value is -1.04. The standard InChI is InChI=1S/C21H28.CH4/c1-3-11-18(12-4-1)21(19-13-5-2-6-14-19)16-8-10-17-9-7-15-20(17)21;/h7-10,15-16,18-19H,1-6,11-14H2;1H4. The highest BCUT2D eigenvalue weighted by Gasteiger charge is 2.47. The fourth-order valence-corrected chi connectivity index (χ4v) is 5.58. The lowest BCUT2D eigenvalue weighted by molar-refractivity contribution is 0.105. The summed E-state index contributed by atoms with van der Waals surface area (Å²) < 4.78 is 0. The third-order valence-electron chi connectivity index (χ3n) is 6.53. The number of allylic oxidation sites excluding steroid dienone is 8. The summed E-state index contributed by atoms with van der Waals surface area (Å²) in [4.78, 5) is 0. The van der Waals surface area contributed by atoms with Gasteiger partial charge in [0, 0.05) is 5.41 Å². The maximum atomic E-state index is 2.63. The molecule has 0 radical (unpaired) electrons. The van der Waals surface area contributed by atoms with Crippen molar-refractivity contribution in [1.29, 1.82) is 0 Å². The minimum atomic E-state index is 0. The first kappa shape index (κ1) is 15.8. The smallest absolute Gasteiger partial charge is 0.0197 e. The van der Waals surface area contributed by atoms with Crippen LogP contribution in [-0.2, 0) is 0 Å². The van der Waals surface area contributed by atoms with Crippen LogP contribution in [0.2, 0.25) is 0 Å². The lowest BCUT2D eigenvalue weighted by atomic mass is 9.54. The number of fused-ring (bicyclic) bond motifs is 1. The molecule has 4 rings (SSSR count). The van der Waals surface area contributed by atoms with Crippen LogP contribution in [0.4, 0.5) is 0 Å². The zero-order valence-electron chi connectivity index (χ0n) is 13.2. The second-order valence-corrected chi connectivity index (χ2v) is 7.52. The van der Waals surface area contributed by atoms with Gasteiger partial charge >= 0.3 is 0 Å². The van der Waals surface area contributed by atoms with Gasteiger partial charge in [0.05, 0.1) is 0 Å². The van der Waals surface area contributed by atoms with Crippen LogP contribution < -0.4 is 0 Å². The molecule has 0 aromatic heterocycles. The van der Waals surface area contributed by atoms with E-state index in [4.69, 9.17) is 0 Å². The summed E-state index contributed by atoms with van der Waals surface area (Å²) >= 11 is 0. The van der Waals surface area contributed by atoms with Crippen molar-refractivity contribution in [3.8, 4) is 0 Å². The third-order valence-corrected chi connectivity index (χ3v) is 6.53. The van der Waals surface area contributed by atoms with Gasteiger partial charge in [-0.3, -0.25) is 0 Å². The lowest BCUT2D eigenvalue weighted by Crippen LogP contribution is -2.41. The van der Waals surface area contributed by atoms with Crippen LogP contribution in [0.5, 0.6) is 0 Å². The fourth-order valence-electron chi connectivity index (χ4n) is 5.58. The van der Waals surface area contributed by atoms with E-state index in [2.05, 4.69) is 36.5 Å². The summed E-state index contributed by atoms with van der Waals surface area (Å²) in [5, 5.41) is 0. The molecule has 0 heterocycles. The van der Waals surface area contributed by atoms with Gasteiger partial charge in [-0.15, -0.1) is 0 Å². The molecular formula is C22H32. The average Bonchev–Trinajstić information content (AvgIpc) is 3.05. The highest BCUT2D eigenvalue weighted by atomic mass is 14.5. The molecule has 0 aliphatic heterocycles. The molecule has 0 heteroatoms. The molecule has 2 fully saturated rings. The number of rotatable bonds is 2. The normalized spacial score (nSPS) is 27.8. The molecular weight excluding hydrogens is 264 g/mol. The van der Waals surface area contributed by atoms with E-state index in [1.165, 1.54) is 69.8 Å². The van der Waals surface area contributed by atoms with Gasteiger partial charge in [0.15, 0.2) is 0 Å². The van der Waals surface area contributed by atoms with Crippen LogP contribution >= 0.6 is 0 Å². The predicted octanol–water partition coefficient (Wildman–Crippen LogP) is 6.76. The summed E-state index contributed by atoms with van der Waals surface area (Å²) in [6.07, 6.45) is 28.9. The van der Waals surface area contributed by atoms with E-state index >= 15 is 0 Å². The van der Waals surface area contributed by atoms with Gasteiger partial charge in [-0.2, -0.15) is 0 Å². The van der Waals surface area contributed by atoms with E-state index in [9.17, 15) is 0 Å². The monoisotopic (exact) mass is 296 g/mol. The zero-order chi connectivity index (χ0) is 14.1. The molecule has 0 bridgehead atoms. The SMILES string of the molecule is C.C1=CC2=CC=CC(C3CCCCC3)(C3CCCCC3)C2=C1. The van der Waals surface area contributed by atoms with Gasteiger partial charge in [-0.1, -0.05) is 82.4 Å². The van der Waals surface area contributed by atoms with Crippen LogP contribution in [0.1, 0.15) is 71.6 Å². The van der Waals surface area contributed by atoms with Crippen molar-refractivity contribution in [1.82, 2.24) is 0 Å². The number of hydrogen-bond acceptors (Lipinski definition) is 0. The molecule has 0 spiro atoms. The third kappa shape index (κ3) is 2.45. The van der Waals surface area contributed by atoms with E-state index in [0.717, 1.165) is 11.8 Å². The van der Waals surface area contributed by atoms with Gasteiger partial charge in [-0.25, -0.2) is 0 Å². The van der Waals surface area contributed by atoms with Crippen LogP contribution in [-0.4, -0.2) is 0 Å². The summed E-state index contributed by atoms with van der Waals surface area (Å²) in [6, 6.07) is 0. The first-order valence-electron chi connectivity index (χ1n) is 9.20. The first-order valence-corrected chi connectivity index (χ1v) is 9.20. The van der Waals surface area contributed by atoms with Crippen molar-refractivity contribution in [2.75, 3.05) is 0 Å². The van der Waals surface area contributed by atoms with Crippen LogP contribution in [0.25, 0.3) is 0 Å². The highest BCUT2D eigenvalue weighted by molar-refractivity contribution is 5.58. The molecule has 120 valence electrons. The van der Waals surface area contributed by atoms with Gasteiger partial charge in [0.25, 0.3) is 0 Å². The number of hydrogen-bond donors (Lipinski definition) is 0. The Labute approximate surface area is 137 Å². The first-order chi connectivity index (χ1) is 10.4. The summed E-state index contributed by atoms with van der Waals surface area (Å²) in [5.74, 6) is 1.78. The topological polar surface area (TPSA) is 0 Å². The largest absolute Gasteiger partial charge is 0.0776 e. The van der Waals surface area contributed by atoms with Crippen LogP contribution in [0.15, 0.2) is 47.6 Å². The molecule has 4 aliphatic carbocycles. The minimum Gasteiger partial charge on any atom is -0.0776 e. The molecule has 0 aromatic carbocycles. The molecule has 0 unspecified atom stereocenters. The van der Waals surface area contributed by atoms with Crippen molar-refractivity contribution >= 4 is 0 Å². The maximum absolute atomic E-state index is 2.63. The van der Waals surface area contributed by atoms with Crippen molar-refractivity contribution in [2.45, 2.75) is 71.6 Å². The van der Waals surface area contributed by atoms with Gasteiger partial charge in [0.1, 0.15) is 0 Å². The maximum Gasteiger partial charge on any atom is 0.0197 e. The predicted molar refractivity (Wildman–Crippen MR) is 96.8 cm³/mol. The molecule has 0 saturated heterocycles. The highest BCUT2D eigenvalue weighted by Crippen LogP contribution is 2.57. The zero-order valence-corrected chi connectivity index (χ0v) is 13.2. The minimum absolute atomic E-state index is 0. The Morgan fingerprint density at radius 1 is 0.727 bits per heavy atom. The second kappa shape index (κ2) is 6.60. The van der Waals surface area contributed by atoms with Crippen LogP contribution in [0, 0.1) is 17.3 Å². The lowest BCUT2D eigenvalue weighted by Gasteiger charge is -2.50. The molecule has 0 N–H and O–H groups in total. The van der Waals surface area contributed by atoms with Gasteiger partial charge in [0.2, 0.25) is 0 Å². The van der Waals surface area contributed by atoms with Crippen LogP contribution in [0.3, 0.4) is 0 Å². The Kier molecular flexibility index (Phi) is 4.76. The molecule has 0 amide bonds. The second-order valence-electron chi connectivity index (χ2n) is 7.52. The summed E-state index contributed by atoms with van der Waals surface area (Å²) in [6.45, 7) is 0. The Bertz CT molecular complexity index is 484. The van der Waals surface area contributed by atoms with E-state index in [1.807, 2.05) is 0 Å². The van der Waals surface area contributed by atoms with E-state index in [0.29, 0.717) is 5.41 Å². The quantitative estimate of drug-likeness (QED) is 0.528. The summed E-state index contributed by atoms with van der Waals surface area (Å²) in [7, 11) is 0.